The van der Waals surface area contributed by atoms with Crippen LogP contribution in [-0.4, -0.2) is 64.6 Å². The molecule has 3 aromatic rings. The van der Waals surface area contributed by atoms with E-state index in [-0.39, 0.29) is 36.2 Å². The fourth-order valence-corrected chi connectivity index (χ4v) is 7.89. The quantitative estimate of drug-likeness (QED) is 0.388. The fourth-order valence-electron chi connectivity index (χ4n) is 7.56. The summed E-state index contributed by atoms with van der Waals surface area (Å²) >= 11 is 6.80. The molecule has 4 unspecified atom stereocenters. The van der Waals surface area contributed by atoms with E-state index in [1.807, 2.05) is 32.4 Å². The normalized spacial score (nSPS) is 34.4. The van der Waals surface area contributed by atoms with E-state index in [1.165, 1.54) is 12.1 Å². The number of likely N-dealkylation sites (tertiary alicyclic amines) is 1. The van der Waals surface area contributed by atoms with Crippen LogP contribution in [0.15, 0.2) is 36.5 Å². The molecule has 4 heterocycles. The Hall–Kier alpha value is -2.67. The van der Waals surface area contributed by atoms with Gasteiger partial charge in [-0.25, -0.2) is 19.6 Å². The van der Waals surface area contributed by atoms with Crippen LogP contribution in [0.25, 0.3) is 10.9 Å². The highest BCUT2D eigenvalue weighted by atomic mass is 35.5. The zero-order valence-corrected chi connectivity index (χ0v) is 22.4. The molecule has 4 aliphatic rings. The minimum Gasteiger partial charge on any atom is -0.330 e. The smallest absolute Gasteiger partial charge is 0.232 e. The zero-order valence-electron chi connectivity index (χ0n) is 21.7. The topological polar surface area (TPSA) is 103 Å². The molecule has 1 aromatic heterocycles. The molecule has 1 saturated carbocycles. The second-order valence-corrected chi connectivity index (χ2v) is 11.7. The average molecular weight is 557 g/mol. The summed E-state index contributed by atoms with van der Waals surface area (Å²) in [5, 5.41) is 9.47. The Labute approximate surface area is 229 Å². The standard InChI is InChI=1S/C27H31ClF2N8O/c1-36-10-17-20(35-36)4-3-16(22(17)28)23-21-24(34-33-23)32-26(37(2)25(21)39)38-6-5-18-19(11-38)27(18,12-31)13-7-14(29)9-15(30)8-13/h3-4,7-10,18-19,21,23-24,26,32-34H,5-6,11-12,31H2,1-2H3/t18-,19+,21?,23?,24?,26?,27+/m1/s1. The number of benzene rings is 2. The molecule has 2 aromatic carbocycles. The molecule has 1 amide bonds. The Balaban J connectivity index is 1.11. The van der Waals surface area contributed by atoms with Gasteiger partial charge in [0.05, 0.1) is 28.7 Å². The number of nitrogens with one attached hydrogen (secondary N) is 3. The predicted octanol–water partition coefficient (Wildman–Crippen LogP) is 1.79. The first-order chi connectivity index (χ1) is 18.7. The van der Waals surface area contributed by atoms with Gasteiger partial charge in [-0.1, -0.05) is 17.7 Å². The lowest BCUT2D eigenvalue weighted by Gasteiger charge is -2.46. The molecule has 5 N–H and O–H groups in total. The van der Waals surface area contributed by atoms with Crippen molar-refractivity contribution in [1.29, 1.82) is 0 Å². The van der Waals surface area contributed by atoms with E-state index in [0.717, 1.165) is 35.5 Å². The van der Waals surface area contributed by atoms with Crippen LogP contribution in [0.1, 0.15) is 23.6 Å². The summed E-state index contributed by atoms with van der Waals surface area (Å²) in [6.45, 7) is 1.74. The maximum atomic E-state index is 14.1. The number of aryl methyl sites for hydroxylation is 1. The summed E-state index contributed by atoms with van der Waals surface area (Å²) in [5.74, 6) is -1.15. The third-order valence-electron chi connectivity index (χ3n) is 9.49. The zero-order chi connectivity index (χ0) is 27.2. The number of piperidine rings is 1. The minimum absolute atomic E-state index is 0.00353. The van der Waals surface area contributed by atoms with Crippen LogP contribution in [0.4, 0.5) is 8.78 Å². The molecular formula is C27H31ClF2N8O. The van der Waals surface area contributed by atoms with Crippen molar-refractivity contribution in [1.82, 2.24) is 35.7 Å². The highest BCUT2D eigenvalue weighted by Crippen LogP contribution is 2.63. The van der Waals surface area contributed by atoms with Crippen molar-refractivity contribution >= 4 is 28.4 Å². The van der Waals surface area contributed by atoms with Crippen molar-refractivity contribution < 1.29 is 13.6 Å². The van der Waals surface area contributed by atoms with Crippen LogP contribution in [0.5, 0.6) is 0 Å². The van der Waals surface area contributed by atoms with Gasteiger partial charge in [0.2, 0.25) is 5.91 Å². The van der Waals surface area contributed by atoms with Crippen LogP contribution >= 0.6 is 11.6 Å². The number of halogens is 3. The predicted molar refractivity (Wildman–Crippen MR) is 142 cm³/mol. The molecule has 0 spiro atoms. The molecule has 12 heteroatoms. The number of carbonyl (C=O) groups is 1. The number of carbonyl (C=O) groups excluding carboxylic acids is 1. The van der Waals surface area contributed by atoms with Gasteiger partial charge in [-0.2, -0.15) is 5.10 Å². The highest BCUT2D eigenvalue weighted by Gasteiger charge is 2.66. The Bertz CT molecular complexity index is 1460. The van der Waals surface area contributed by atoms with Crippen LogP contribution in [0.2, 0.25) is 5.02 Å². The van der Waals surface area contributed by atoms with Crippen molar-refractivity contribution in [3.8, 4) is 0 Å². The second kappa shape index (κ2) is 8.92. The van der Waals surface area contributed by atoms with Crippen LogP contribution < -0.4 is 21.9 Å². The van der Waals surface area contributed by atoms with Crippen molar-refractivity contribution in [2.75, 3.05) is 26.7 Å². The number of nitrogens with zero attached hydrogens (tertiary/aromatic N) is 4. The molecule has 1 aliphatic carbocycles. The van der Waals surface area contributed by atoms with Crippen molar-refractivity contribution in [2.24, 2.45) is 30.5 Å². The lowest BCUT2D eigenvalue weighted by Crippen LogP contribution is -2.69. The lowest BCUT2D eigenvalue weighted by molar-refractivity contribution is -0.150. The van der Waals surface area contributed by atoms with E-state index in [1.54, 1.807) is 9.58 Å². The average Bonchev–Trinajstić information content (AvgIpc) is 3.13. The molecule has 39 heavy (non-hydrogen) atoms. The van der Waals surface area contributed by atoms with Crippen molar-refractivity contribution in [3.05, 3.63) is 64.3 Å². The monoisotopic (exact) mass is 556 g/mol. The van der Waals surface area contributed by atoms with Gasteiger partial charge >= 0.3 is 0 Å². The first-order valence-electron chi connectivity index (χ1n) is 13.3. The number of hydrogen-bond donors (Lipinski definition) is 4. The van der Waals surface area contributed by atoms with Crippen LogP contribution in [-0.2, 0) is 17.3 Å². The molecule has 7 atom stereocenters. The molecule has 0 radical (unpaired) electrons. The number of hydrogen-bond acceptors (Lipinski definition) is 7. The Morgan fingerprint density at radius 1 is 1.15 bits per heavy atom. The molecule has 4 fully saturated rings. The van der Waals surface area contributed by atoms with Gasteiger partial charge in [0.15, 0.2) is 0 Å². The Morgan fingerprint density at radius 3 is 2.67 bits per heavy atom. The summed E-state index contributed by atoms with van der Waals surface area (Å²) in [5.41, 5.74) is 14.6. The molecule has 206 valence electrons. The van der Waals surface area contributed by atoms with Gasteiger partial charge in [0, 0.05) is 56.8 Å². The molecule has 7 rings (SSSR count). The lowest BCUT2D eigenvalue weighted by atomic mass is 9.89. The largest absolute Gasteiger partial charge is 0.330 e. The first-order valence-corrected chi connectivity index (χ1v) is 13.7. The number of fused-ring (bicyclic) bond motifs is 3. The third-order valence-corrected chi connectivity index (χ3v) is 9.91. The van der Waals surface area contributed by atoms with E-state index in [0.29, 0.717) is 23.7 Å². The van der Waals surface area contributed by atoms with Crippen molar-refractivity contribution in [3.63, 3.8) is 0 Å². The van der Waals surface area contributed by atoms with Gasteiger partial charge in [-0.05, 0) is 47.6 Å². The maximum Gasteiger partial charge on any atom is 0.232 e. The third kappa shape index (κ3) is 3.68. The van der Waals surface area contributed by atoms with Crippen LogP contribution in [0, 0.1) is 29.4 Å². The summed E-state index contributed by atoms with van der Waals surface area (Å²) in [6, 6.07) is 7.26. The SMILES string of the molecule is CN1C(=O)C2C(NNC2c2ccc3nn(C)cc3c2Cl)NC1N1CC[C@@H]2[C@H](C1)[C@@]2(CN)c1cc(F)cc(F)c1. The number of nitrogens with two attached hydrogens (primary N) is 1. The number of hydrazine groups is 1. The van der Waals surface area contributed by atoms with E-state index >= 15 is 0 Å². The summed E-state index contributed by atoms with van der Waals surface area (Å²) < 4.78 is 29.9. The number of rotatable bonds is 4. The molecule has 9 nitrogen and oxygen atoms in total. The minimum atomic E-state index is -0.583. The van der Waals surface area contributed by atoms with Crippen molar-refractivity contribution in [2.45, 2.75) is 30.3 Å². The Morgan fingerprint density at radius 2 is 1.92 bits per heavy atom. The van der Waals surface area contributed by atoms with E-state index in [2.05, 4.69) is 26.2 Å². The van der Waals surface area contributed by atoms with E-state index < -0.39 is 23.0 Å². The van der Waals surface area contributed by atoms with Gasteiger partial charge < -0.3 is 10.6 Å². The molecule has 3 saturated heterocycles. The Kier molecular flexibility index (Phi) is 5.79. The van der Waals surface area contributed by atoms with Gasteiger partial charge in [-0.3, -0.25) is 19.7 Å². The first kappa shape index (κ1) is 25.3. The van der Waals surface area contributed by atoms with E-state index in [4.69, 9.17) is 17.3 Å². The number of aromatic nitrogens is 2. The molecular weight excluding hydrogens is 526 g/mol. The number of amides is 1. The maximum absolute atomic E-state index is 14.1. The second-order valence-electron chi connectivity index (χ2n) is 11.4. The fraction of sp³-hybridized carbons (Fsp3) is 0.481. The van der Waals surface area contributed by atoms with E-state index in [9.17, 15) is 13.6 Å². The molecule has 3 aliphatic heterocycles. The summed E-state index contributed by atoms with van der Waals surface area (Å²) in [6.07, 6.45) is 2.08. The van der Waals surface area contributed by atoms with Gasteiger partial charge in [0.1, 0.15) is 17.9 Å². The summed E-state index contributed by atoms with van der Waals surface area (Å²) in [7, 11) is 3.66. The van der Waals surface area contributed by atoms with Gasteiger partial charge in [-0.15, -0.1) is 0 Å². The highest BCUT2D eigenvalue weighted by molar-refractivity contribution is 6.36. The van der Waals surface area contributed by atoms with Gasteiger partial charge in [0.25, 0.3) is 0 Å². The summed E-state index contributed by atoms with van der Waals surface area (Å²) in [4.78, 5) is 17.8. The molecule has 0 bridgehead atoms. The van der Waals surface area contributed by atoms with Crippen LogP contribution in [0.3, 0.4) is 0 Å².